The Balaban J connectivity index is 1.75. The van der Waals surface area contributed by atoms with E-state index in [1.807, 2.05) is 0 Å². The molecule has 1 aliphatic heterocycles. The largest absolute Gasteiger partial charge is 0.454 e. The lowest BCUT2D eigenvalue weighted by Crippen LogP contribution is -2.11. The lowest BCUT2D eigenvalue weighted by atomic mass is 10.1. The predicted molar refractivity (Wildman–Crippen MR) is 93.3 cm³/mol. The van der Waals surface area contributed by atoms with Gasteiger partial charge in [0.05, 0.1) is 10.6 Å². The summed E-state index contributed by atoms with van der Waals surface area (Å²) in [5.74, 6) is 0.224. The normalized spacial score (nSPS) is 12.2. The number of anilines is 1. The topological polar surface area (TPSA) is 108 Å². The molecule has 0 saturated heterocycles. The minimum Gasteiger partial charge on any atom is -0.454 e. The quantitative estimate of drug-likeness (QED) is 0.382. The highest BCUT2D eigenvalue weighted by Gasteiger charge is 2.19. The Bertz CT molecular complexity index is 918. The molecule has 2 aromatic rings. The molecule has 0 unspecified atom stereocenters. The minimum absolute atomic E-state index is 0.0296. The van der Waals surface area contributed by atoms with Crippen LogP contribution in [0.4, 0.5) is 11.4 Å². The number of ether oxygens (including phenoxy) is 2. The first-order valence-electron chi connectivity index (χ1n) is 7.62. The van der Waals surface area contributed by atoms with Crippen LogP contribution in [0.1, 0.15) is 22.8 Å². The van der Waals surface area contributed by atoms with Crippen molar-refractivity contribution >= 4 is 29.1 Å². The second kappa shape index (κ2) is 7.06. The molecule has 1 aliphatic rings. The summed E-state index contributed by atoms with van der Waals surface area (Å²) >= 11 is 0. The average Bonchev–Trinajstić information content (AvgIpc) is 3.06. The van der Waals surface area contributed by atoms with Crippen molar-refractivity contribution in [2.45, 2.75) is 6.92 Å². The number of nitro groups is 1. The summed E-state index contributed by atoms with van der Waals surface area (Å²) in [6.07, 6.45) is 2.79. The van der Waals surface area contributed by atoms with Crippen molar-refractivity contribution in [3.05, 3.63) is 63.7 Å². The Hall–Kier alpha value is -3.68. The summed E-state index contributed by atoms with van der Waals surface area (Å²) in [7, 11) is 0. The number of benzene rings is 2. The molecule has 132 valence electrons. The zero-order valence-electron chi connectivity index (χ0n) is 13.7. The molecule has 1 N–H and O–H groups in total. The molecule has 26 heavy (non-hydrogen) atoms. The van der Waals surface area contributed by atoms with Crippen LogP contribution >= 0.6 is 0 Å². The highest BCUT2D eigenvalue weighted by molar-refractivity contribution is 6.08. The summed E-state index contributed by atoms with van der Waals surface area (Å²) < 4.78 is 10.5. The lowest BCUT2D eigenvalue weighted by Gasteiger charge is -2.09. The Morgan fingerprint density at radius 2 is 1.81 bits per heavy atom. The van der Waals surface area contributed by atoms with Crippen LogP contribution in [0.15, 0.2) is 42.5 Å². The fourth-order valence-electron chi connectivity index (χ4n) is 2.39. The Labute approximate surface area is 148 Å². The average molecular weight is 354 g/mol. The van der Waals surface area contributed by atoms with Crippen molar-refractivity contribution in [3.63, 3.8) is 0 Å². The van der Waals surface area contributed by atoms with Crippen LogP contribution < -0.4 is 14.8 Å². The second-order valence-electron chi connectivity index (χ2n) is 5.48. The third-order valence-corrected chi connectivity index (χ3v) is 3.68. The highest BCUT2D eigenvalue weighted by atomic mass is 16.7. The fourth-order valence-corrected chi connectivity index (χ4v) is 2.39. The number of nitrogens with zero attached hydrogens (tertiary/aromatic N) is 1. The zero-order chi connectivity index (χ0) is 18.7. The van der Waals surface area contributed by atoms with Gasteiger partial charge in [-0.15, -0.1) is 0 Å². The maximum Gasteiger partial charge on any atom is 0.269 e. The molecule has 0 aromatic heterocycles. The minimum atomic E-state index is -0.497. The summed E-state index contributed by atoms with van der Waals surface area (Å²) in [5.41, 5.74) is 1.23. The van der Waals surface area contributed by atoms with Gasteiger partial charge in [0.2, 0.25) is 12.7 Å². The molecule has 0 fully saturated rings. The molecule has 8 nitrogen and oxygen atoms in total. The van der Waals surface area contributed by atoms with Crippen molar-refractivity contribution in [2.24, 2.45) is 0 Å². The fraction of sp³-hybridized carbons (Fsp3) is 0.111. The second-order valence-corrected chi connectivity index (χ2v) is 5.48. The van der Waals surface area contributed by atoms with Gasteiger partial charge in [-0.25, -0.2) is 0 Å². The maximum atomic E-state index is 12.1. The first kappa shape index (κ1) is 17.2. The number of nitro benzene ring substituents is 1. The van der Waals surface area contributed by atoms with E-state index in [1.165, 1.54) is 55.5 Å². The van der Waals surface area contributed by atoms with E-state index in [0.717, 1.165) is 0 Å². The van der Waals surface area contributed by atoms with Crippen LogP contribution in [0.3, 0.4) is 0 Å². The van der Waals surface area contributed by atoms with Crippen molar-refractivity contribution < 1.29 is 24.0 Å². The van der Waals surface area contributed by atoms with Gasteiger partial charge in [-0.3, -0.25) is 19.7 Å². The maximum absolute atomic E-state index is 12.1. The van der Waals surface area contributed by atoms with Gasteiger partial charge in [-0.2, -0.15) is 0 Å². The predicted octanol–water partition coefficient (Wildman–Crippen LogP) is 3.18. The number of fused-ring (bicyclic) bond motifs is 1. The van der Waals surface area contributed by atoms with Crippen LogP contribution in [-0.4, -0.2) is 23.4 Å². The molecule has 0 radical (unpaired) electrons. The molecule has 8 heteroatoms. The van der Waals surface area contributed by atoms with E-state index in [2.05, 4.69) is 5.32 Å². The molecule has 0 atom stereocenters. The third-order valence-electron chi connectivity index (χ3n) is 3.68. The summed E-state index contributed by atoms with van der Waals surface area (Å²) in [5, 5.41) is 13.3. The molecular weight excluding hydrogens is 340 g/mol. The van der Waals surface area contributed by atoms with Gasteiger partial charge < -0.3 is 14.8 Å². The molecule has 0 spiro atoms. The van der Waals surface area contributed by atoms with Crippen LogP contribution in [0.25, 0.3) is 6.08 Å². The number of rotatable bonds is 5. The summed E-state index contributed by atoms with van der Waals surface area (Å²) in [6.45, 7) is 1.45. The first-order valence-corrected chi connectivity index (χ1v) is 7.62. The van der Waals surface area contributed by atoms with Crippen molar-refractivity contribution in [2.75, 3.05) is 12.1 Å². The molecular formula is C18H14N2O6. The van der Waals surface area contributed by atoms with Crippen molar-refractivity contribution in [1.82, 2.24) is 0 Å². The number of ketones is 1. The van der Waals surface area contributed by atoms with E-state index < -0.39 is 10.8 Å². The van der Waals surface area contributed by atoms with Crippen LogP contribution in [0, 0.1) is 10.1 Å². The Kier molecular flexibility index (Phi) is 4.66. The number of carbonyl (C=O) groups excluding carboxylic acids is 2. The number of amides is 1. The molecule has 2 aromatic carbocycles. The molecule has 0 aliphatic carbocycles. The van der Waals surface area contributed by atoms with E-state index in [4.69, 9.17) is 9.47 Å². The van der Waals surface area contributed by atoms with E-state index in [-0.39, 0.29) is 18.3 Å². The SMILES string of the molecule is CC(=O)c1cc2c(cc1NC(=O)/C=C/c1ccc([N+](=O)[O-])cc1)OCO2. The van der Waals surface area contributed by atoms with Gasteiger partial charge in [0.15, 0.2) is 17.3 Å². The van der Waals surface area contributed by atoms with Crippen molar-refractivity contribution in [3.8, 4) is 11.5 Å². The van der Waals surface area contributed by atoms with Gasteiger partial charge in [-0.1, -0.05) is 0 Å². The first-order chi connectivity index (χ1) is 12.4. The number of hydrogen-bond acceptors (Lipinski definition) is 6. The standard InChI is InChI=1S/C18H14N2O6/c1-11(21)14-8-16-17(26-10-25-16)9-15(14)19-18(22)7-4-12-2-5-13(6-3-12)20(23)24/h2-9H,10H2,1H3,(H,19,22)/b7-4+. The zero-order valence-corrected chi connectivity index (χ0v) is 13.7. The van der Waals surface area contributed by atoms with Crippen molar-refractivity contribution in [1.29, 1.82) is 0 Å². The van der Waals surface area contributed by atoms with Crippen LogP contribution in [0.5, 0.6) is 11.5 Å². The van der Waals surface area contributed by atoms with Gasteiger partial charge >= 0.3 is 0 Å². The molecule has 1 heterocycles. The number of hydrogen-bond donors (Lipinski definition) is 1. The van der Waals surface area contributed by atoms with E-state index in [9.17, 15) is 19.7 Å². The van der Waals surface area contributed by atoms with Crippen LogP contribution in [0.2, 0.25) is 0 Å². The number of nitrogens with one attached hydrogen (secondary N) is 1. The summed E-state index contributed by atoms with van der Waals surface area (Å²) in [4.78, 5) is 34.1. The summed E-state index contributed by atoms with van der Waals surface area (Å²) in [6, 6.07) is 8.83. The van der Waals surface area contributed by atoms with E-state index in [0.29, 0.717) is 28.3 Å². The molecule has 1 amide bonds. The van der Waals surface area contributed by atoms with Gasteiger partial charge in [-0.05, 0) is 36.8 Å². The monoisotopic (exact) mass is 354 g/mol. The van der Waals surface area contributed by atoms with Gasteiger partial charge in [0, 0.05) is 29.8 Å². The Morgan fingerprint density at radius 1 is 1.15 bits per heavy atom. The molecule has 0 bridgehead atoms. The van der Waals surface area contributed by atoms with Crippen LogP contribution in [-0.2, 0) is 4.79 Å². The van der Waals surface area contributed by atoms with E-state index in [1.54, 1.807) is 0 Å². The van der Waals surface area contributed by atoms with Gasteiger partial charge in [0.25, 0.3) is 5.69 Å². The van der Waals surface area contributed by atoms with E-state index >= 15 is 0 Å². The lowest BCUT2D eigenvalue weighted by molar-refractivity contribution is -0.384. The number of carbonyl (C=O) groups is 2. The Morgan fingerprint density at radius 3 is 2.42 bits per heavy atom. The molecule has 0 saturated carbocycles. The number of non-ortho nitro benzene ring substituents is 1. The molecule has 3 rings (SSSR count). The third kappa shape index (κ3) is 3.69. The van der Waals surface area contributed by atoms with Gasteiger partial charge in [0.1, 0.15) is 0 Å². The number of Topliss-reactive ketones (excluding diaryl/α,β-unsaturated/α-hetero) is 1. The smallest absolute Gasteiger partial charge is 0.269 e. The highest BCUT2D eigenvalue weighted by Crippen LogP contribution is 2.37.